The summed E-state index contributed by atoms with van der Waals surface area (Å²) in [5, 5.41) is 3.54. The van der Waals surface area contributed by atoms with Crippen LogP contribution in [0.15, 0.2) is 12.2 Å². The largest absolute Gasteiger partial charge is 0.347 e. The molecule has 2 aliphatic heterocycles. The lowest BCUT2D eigenvalue weighted by atomic mass is 9.71. The molecule has 120 valence electrons. The quantitative estimate of drug-likeness (QED) is 0.788. The van der Waals surface area contributed by atoms with Crippen molar-refractivity contribution in [2.75, 3.05) is 13.2 Å². The minimum Gasteiger partial charge on any atom is -0.347 e. The van der Waals surface area contributed by atoms with Gasteiger partial charge < -0.3 is 14.8 Å². The summed E-state index contributed by atoms with van der Waals surface area (Å²) in [7, 11) is 0. The van der Waals surface area contributed by atoms with Crippen LogP contribution in [0.2, 0.25) is 0 Å². The van der Waals surface area contributed by atoms with Gasteiger partial charge in [-0.25, -0.2) is 0 Å². The average Bonchev–Trinajstić information content (AvgIpc) is 2.82. The predicted octanol–water partition coefficient (Wildman–Crippen LogP) is 3.64. The first-order chi connectivity index (χ1) is 9.97. The fraction of sp³-hybridized carbons (Fsp3) is 0.889. The minimum atomic E-state index is -0.253. The normalized spacial score (nSPS) is 40.8. The highest BCUT2D eigenvalue weighted by Gasteiger charge is 2.46. The Hall–Kier alpha value is -0.380. The molecule has 0 aromatic carbocycles. The molecule has 0 aromatic rings. The lowest BCUT2D eigenvalue weighted by Gasteiger charge is -2.41. The van der Waals surface area contributed by atoms with Gasteiger partial charge in [-0.2, -0.15) is 0 Å². The van der Waals surface area contributed by atoms with E-state index in [9.17, 15) is 0 Å². The van der Waals surface area contributed by atoms with Crippen molar-refractivity contribution in [3.05, 3.63) is 12.2 Å². The van der Waals surface area contributed by atoms with Gasteiger partial charge >= 0.3 is 0 Å². The van der Waals surface area contributed by atoms with Crippen molar-refractivity contribution in [3.63, 3.8) is 0 Å². The Morgan fingerprint density at radius 2 is 1.95 bits per heavy atom. The summed E-state index contributed by atoms with van der Waals surface area (Å²) in [4.78, 5) is 0. The Kier molecular flexibility index (Phi) is 4.45. The SMILES string of the molecule is CC(C)(C)C1CCC2(CC1)OCC(CC1CC=CCN1)O2. The Balaban J connectivity index is 1.49. The maximum atomic E-state index is 6.37. The van der Waals surface area contributed by atoms with E-state index in [-0.39, 0.29) is 11.9 Å². The first kappa shape index (κ1) is 15.5. The number of hydrogen-bond donors (Lipinski definition) is 1. The van der Waals surface area contributed by atoms with Crippen molar-refractivity contribution in [2.45, 2.75) is 77.2 Å². The third kappa shape index (κ3) is 3.69. The van der Waals surface area contributed by atoms with E-state index in [2.05, 4.69) is 38.2 Å². The molecule has 2 heterocycles. The van der Waals surface area contributed by atoms with Crippen LogP contribution in [0.3, 0.4) is 0 Å². The number of hydrogen-bond acceptors (Lipinski definition) is 3. The maximum absolute atomic E-state index is 6.37. The van der Waals surface area contributed by atoms with Crippen LogP contribution < -0.4 is 5.32 Å². The molecule has 1 aliphatic carbocycles. The van der Waals surface area contributed by atoms with E-state index in [4.69, 9.17) is 9.47 Å². The molecule has 0 amide bonds. The molecule has 1 N–H and O–H groups in total. The van der Waals surface area contributed by atoms with Crippen molar-refractivity contribution < 1.29 is 9.47 Å². The number of nitrogens with one attached hydrogen (secondary N) is 1. The van der Waals surface area contributed by atoms with Crippen LogP contribution in [0, 0.1) is 11.3 Å². The Labute approximate surface area is 129 Å². The van der Waals surface area contributed by atoms with Crippen LogP contribution >= 0.6 is 0 Å². The molecule has 1 saturated heterocycles. The first-order valence-corrected chi connectivity index (χ1v) is 8.67. The number of ether oxygens (including phenoxy) is 2. The van der Waals surface area contributed by atoms with Crippen LogP contribution in [-0.2, 0) is 9.47 Å². The lowest BCUT2D eigenvalue weighted by Crippen LogP contribution is -2.40. The van der Waals surface area contributed by atoms with Gasteiger partial charge in [-0.05, 0) is 37.0 Å². The Morgan fingerprint density at radius 1 is 1.19 bits per heavy atom. The van der Waals surface area contributed by atoms with E-state index < -0.39 is 0 Å². The fourth-order valence-corrected chi connectivity index (χ4v) is 4.08. The number of rotatable bonds is 2. The minimum absolute atomic E-state index is 0.253. The molecule has 2 atom stereocenters. The third-order valence-electron chi connectivity index (χ3n) is 5.54. The summed E-state index contributed by atoms with van der Waals surface area (Å²) in [6.07, 6.45) is 11.6. The molecule has 0 radical (unpaired) electrons. The van der Waals surface area contributed by atoms with E-state index in [0.29, 0.717) is 11.5 Å². The summed E-state index contributed by atoms with van der Waals surface area (Å²) in [6.45, 7) is 8.85. The fourth-order valence-electron chi connectivity index (χ4n) is 4.08. The zero-order chi connectivity index (χ0) is 14.9. The van der Waals surface area contributed by atoms with E-state index >= 15 is 0 Å². The molecule has 2 fully saturated rings. The topological polar surface area (TPSA) is 30.5 Å². The highest BCUT2D eigenvalue weighted by atomic mass is 16.7. The van der Waals surface area contributed by atoms with Gasteiger partial charge in [0.15, 0.2) is 5.79 Å². The molecule has 0 bridgehead atoms. The van der Waals surface area contributed by atoms with E-state index in [0.717, 1.165) is 44.8 Å². The second-order valence-electron chi connectivity index (χ2n) is 8.15. The van der Waals surface area contributed by atoms with Gasteiger partial charge in [-0.1, -0.05) is 32.9 Å². The van der Waals surface area contributed by atoms with Crippen molar-refractivity contribution in [2.24, 2.45) is 11.3 Å². The second-order valence-corrected chi connectivity index (χ2v) is 8.15. The van der Waals surface area contributed by atoms with Gasteiger partial charge in [0.2, 0.25) is 0 Å². The molecule has 3 rings (SSSR count). The van der Waals surface area contributed by atoms with Crippen LogP contribution in [0.1, 0.15) is 59.3 Å². The zero-order valence-electron chi connectivity index (χ0n) is 13.9. The Morgan fingerprint density at radius 3 is 2.57 bits per heavy atom. The van der Waals surface area contributed by atoms with Crippen molar-refractivity contribution in [1.29, 1.82) is 0 Å². The van der Waals surface area contributed by atoms with Gasteiger partial charge in [-0.15, -0.1) is 0 Å². The van der Waals surface area contributed by atoms with Gasteiger partial charge in [-0.3, -0.25) is 0 Å². The third-order valence-corrected chi connectivity index (χ3v) is 5.54. The summed E-state index contributed by atoms with van der Waals surface area (Å²) in [5.41, 5.74) is 0.415. The highest BCUT2D eigenvalue weighted by Crippen LogP contribution is 2.46. The van der Waals surface area contributed by atoms with Gasteiger partial charge in [0.25, 0.3) is 0 Å². The van der Waals surface area contributed by atoms with Crippen molar-refractivity contribution in [1.82, 2.24) is 5.32 Å². The molecular weight excluding hydrogens is 262 g/mol. The van der Waals surface area contributed by atoms with E-state index in [1.165, 1.54) is 12.8 Å². The summed E-state index contributed by atoms with van der Waals surface area (Å²) < 4.78 is 12.5. The summed E-state index contributed by atoms with van der Waals surface area (Å²) >= 11 is 0. The molecule has 1 saturated carbocycles. The Bertz CT molecular complexity index is 377. The smallest absolute Gasteiger partial charge is 0.168 e. The van der Waals surface area contributed by atoms with Crippen molar-refractivity contribution >= 4 is 0 Å². The molecule has 3 heteroatoms. The molecular formula is C18H31NO2. The zero-order valence-corrected chi connectivity index (χ0v) is 13.9. The molecule has 21 heavy (non-hydrogen) atoms. The highest BCUT2D eigenvalue weighted by molar-refractivity contribution is 4.96. The van der Waals surface area contributed by atoms with Crippen molar-refractivity contribution in [3.8, 4) is 0 Å². The molecule has 1 spiro atoms. The molecule has 3 aliphatic rings. The second kappa shape index (κ2) is 6.02. The molecule has 2 unspecified atom stereocenters. The molecule has 0 aromatic heterocycles. The maximum Gasteiger partial charge on any atom is 0.168 e. The standard InChI is InChI=1S/C18H31NO2/c1-17(2,3)14-7-9-18(10-8-14)20-13-16(21-18)12-15-6-4-5-11-19-15/h4-5,14-16,19H,6-13H2,1-3H3. The molecule has 3 nitrogen and oxygen atoms in total. The predicted molar refractivity (Wildman–Crippen MR) is 85.1 cm³/mol. The lowest BCUT2D eigenvalue weighted by molar-refractivity contribution is -0.197. The summed E-state index contributed by atoms with van der Waals surface area (Å²) in [6, 6.07) is 0.560. The van der Waals surface area contributed by atoms with E-state index in [1.807, 2.05) is 0 Å². The van der Waals surface area contributed by atoms with Gasteiger partial charge in [0.05, 0.1) is 12.7 Å². The monoisotopic (exact) mass is 293 g/mol. The average molecular weight is 293 g/mol. The van der Waals surface area contributed by atoms with Gasteiger partial charge in [0.1, 0.15) is 0 Å². The van der Waals surface area contributed by atoms with Crippen LogP contribution in [0.4, 0.5) is 0 Å². The van der Waals surface area contributed by atoms with E-state index in [1.54, 1.807) is 0 Å². The summed E-state index contributed by atoms with van der Waals surface area (Å²) in [5.74, 6) is 0.552. The van der Waals surface area contributed by atoms with Gasteiger partial charge in [0, 0.05) is 25.4 Å². The first-order valence-electron chi connectivity index (χ1n) is 8.67. The van der Waals surface area contributed by atoms with Crippen LogP contribution in [-0.4, -0.2) is 31.1 Å². The van der Waals surface area contributed by atoms with Crippen LogP contribution in [0.25, 0.3) is 0 Å². The van der Waals surface area contributed by atoms with Crippen LogP contribution in [0.5, 0.6) is 0 Å².